The quantitative estimate of drug-likeness (QED) is 0.0660. The van der Waals surface area contributed by atoms with Gasteiger partial charge in [-0.25, -0.2) is 8.78 Å². The molecule has 0 radical (unpaired) electrons. The van der Waals surface area contributed by atoms with E-state index in [2.05, 4.69) is 101 Å². The van der Waals surface area contributed by atoms with E-state index in [1.807, 2.05) is 30.3 Å². The van der Waals surface area contributed by atoms with Gasteiger partial charge < -0.3 is 30.6 Å². The van der Waals surface area contributed by atoms with Crippen LogP contribution in [0.15, 0.2) is 129 Å². The molecule has 0 saturated heterocycles. The SMILES string of the molecule is Brc1ccc2oc3cc4oc5ccc(Br)cc5c4cc3c2c1.CN=P.O=CO[O-].Oc1ccc(Br)cc1-c1cc(-c2cc(Br)ccc2O)c(F)cc1F.[H-].[K+].[K+]. The molecule has 0 fully saturated rings. The summed E-state index contributed by atoms with van der Waals surface area (Å²) in [4.78, 5) is 11.2. The second-order valence-electron chi connectivity index (χ2n) is 10.9. The van der Waals surface area contributed by atoms with Gasteiger partial charge in [-0.3, -0.25) is 9.54 Å². The number of halogens is 6. The van der Waals surface area contributed by atoms with Crippen molar-refractivity contribution in [2.45, 2.75) is 0 Å². The van der Waals surface area contributed by atoms with Gasteiger partial charge in [0.1, 0.15) is 45.5 Å². The Morgan fingerprint density at radius 1 is 0.618 bits per heavy atom. The number of phenols is 2. The molecule has 0 atom stereocenters. The van der Waals surface area contributed by atoms with Crippen molar-refractivity contribution in [3.8, 4) is 33.8 Å². The van der Waals surface area contributed by atoms with Crippen LogP contribution in [0.2, 0.25) is 0 Å². The first-order valence-corrected chi connectivity index (χ1v) is 18.6. The van der Waals surface area contributed by atoms with Crippen LogP contribution in [-0.2, 0) is 9.68 Å². The molecular formula is C38H24Br4F2K2NO7P. The van der Waals surface area contributed by atoms with E-state index in [4.69, 9.17) is 18.9 Å². The van der Waals surface area contributed by atoms with E-state index in [1.54, 1.807) is 19.2 Å². The topological polar surface area (TPSA) is 128 Å². The van der Waals surface area contributed by atoms with Crippen molar-refractivity contribution in [2.24, 2.45) is 4.74 Å². The van der Waals surface area contributed by atoms with Crippen molar-refractivity contribution in [2.75, 3.05) is 7.05 Å². The second kappa shape index (κ2) is 22.5. The number of carbonyl (C=O) groups excluding carboxylic acids is 1. The zero-order valence-corrected chi connectivity index (χ0v) is 42.6. The Hall–Kier alpha value is -0.897. The maximum Gasteiger partial charge on any atom is 1.00 e. The average molecular weight is 1070 g/mol. The Kier molecular flexibility index (Phi) is 19.8. The summed E-state index contributed by atoms with van der Waals surface area (Å²) in [7, 11) is 4.47. The third-order valence-corrected chi connectivity index (χ3v) is 9.55. The van der Waals surface area contributed by atoms with Gasteiger partial charge in [-0.15, -0.1) is 0 Å². The first-order valence-electron chi connectivity index (χ1n) is 15.0. The molecule has 272 valence electrons. The zero-order valence-electron chi connectivity index (χ0n) is 30.0. The van der Waals surface area contributed by atoms with Gasteiger partial charge in [0.2, 0.25) is 0 Å². The van der Waals surface area contributed by atoms with Gasteiger partial charge in [-0.05, 0) is 94.0 Å². The van der Waals surface area contributed by atoms with Gasteiger partial charge in [-0.1, -0.05) is 63.7 Å². The van der Waals surface area contributed by atoms with Crippen LogP contribution >= 0.6 is 72.8 Å². The minimum Gasteiger partial charge on any atom is -1.00 e. The number of benzene rings is 6. The number of rotatable bonds is 3. The Morgan fingerprint density at radius 2 is 0.964 bits per heavy atom. The van der Waals surface area contributed by atoms with Crippen LogP contribution in [0.1, 0.15) is 1.43 Å². The van der Waals surface area contributed by atoms with Crippen molar-refractivity contribution in [1.29, 1.82) is 0 Å². The summed E-state index contributed by atoms with van der Waals surface area (Å²) in [5, 5.41) is 32.9. The Labute approximate surface area is 435 Å². The van der Waals surface area contributed by atoms with Crippen LogP contribution in [0.3, 0.4) is 0 Å². The Bertz CT molecular complexity index is 2490. The molecule has 2 aromatic heterocycles. The van der Waals surface area contributed by atoms with E-state index in [1.165, 1.54) is 30.3 Å². The fraction of sp³-hybridized carbons (Fsp3) is 0.0263. The monoisotopic (exact) mass is 1070 g/mol. The van der Waals surface area contributed by atoms with Crippen LogP contribution in [0.5, 0.6) is 11.5 Å². The summed E-state index contributed by atoms with van der Waals surface area (Å²) in [5.41, 5.74) is 3.97. The number of aromatic hydroxyl groups is 2. The summed E-state index contributed by atoms with van der Waals surface area (Å²) >= 11 is 13.6. The minimum absolute atomic E-state index is 0. The molecule has 8 aromatic rings. The van der Waals surface area contributed by atoms with Crippen molar-refractivity contribution >= 4 is 123 Å². The van der Waals surface area contributed by atoms with Gasteiger partial charge >= 0.3 is 103 Å². The van der Waals surface area contributed by atoms with Gasteiger partial charge in [0.15, 0.2) is 0 Å². The molecule has 8 rings (SSSR count). The summed E-state index contributed by atoms with van der Waals surface area (Å²) in [6, 6.07) is 27.4. The second-order valence-corrected chi connectivity index (χ2v) is 15.0. The van der Waals surface area contributed by atoms with E-state index < -0.39 is 11.6 Å². The number of carbonyl (C=O) groups is 1. The smallest absolute Gasteiger partial charge is 1.00 e. The van der Waals surface area contributed by atoms with E-state index in [-0.39, 0.29) is 144 Å². The van der Waals surface area contributed by atoms with Crippen LogP contribution in [0.25, 0.3) is 66.1 Å². The third kappa shape index (κ3) is 11.9. The van der Waals surface area contributed by atoms with Crippen LogP contribution in [0.4, 0.5) is 8.78 Å². The normalized spacial score (nSPS) is 10.2. The number of phenolic OH excluding ortho intramolecular Hbond substituents is 2. The molecule has 0 unspecified atom stereocenters. The molecule has 2 N–H and O–H groups in total. The van der Waals surface area contributed by atoms with E-state index in [9.17, 15) is 19.0 Å². The molecule has 0 bridgehead atoms. The number of furan rings is 2. The predicted octanol–water partition coefficient (Wildman–Crippen LogP) is 6.74. The first-order chi connectivity index (χ1) is 25.4. The summed E-state index contributed by atoms with van der Waals surface area (Å²) in [6.45, 7) is -0.181. The van der Waals surface area contributed by atoms with Gasteiger partial charge in [0, 0.05) is 80.9 Å². The van der Waals surface area contributed by atoms with Crippen molar-refractivity contribution in [1.82, 2.24) is 0 Å². The number of hydrogen-bond acceptors (Lipinski definition) is 8. The van der Waals surface area contributed by atoms with Gasteiger partial charge in [-0.2, -0.15) is 0 Å². The molecule has 0 aliphatic carbocycles. The zero-order chi connectivity index (χ0) is 38.4. The van der Waals surface area contributed by atoms with E-state index in [0.717, 1.165) is 58.9 Å². The standard InChI is InChI=1S/C18H10Br2F2O2.C18H8Br2O2.CH4NP.CH2O3.2K.H/c19-9-1-3-17(23)13(5-9)11-7-12(16(22)8-15(11)21)14-6-10(20)2-4-18(14)24;19-9-1-3-15-11(5-9)13-7-14-12-6-10(20)2-4-16(12)22-18(14)8-17(13)21-15;1-2-3;2-1-4-3;;;/h1-8,23-24H;1-8H;3H,1H3;1,3H;;;/q;;;;2*+1;-1/p-1. The maximum atomic E-state index is 14.3. The van der Waals surface area contributed by atoms with E-state index >= 15 is 0 Å². The summed E-state index contributed by atoms with van der Waals surface area (Å²) in [6.07, 6.45) is 0. The summed E-state index contributed by atoms with van der Waals surface area (Å²) in [5.74, 6) is -1.88. The van der Waals surface area contributed by atoms with Gasteiger partial charge in [0.25, 0.3) is 6.47 Å². The molecule has 8 nitrogen and oxygen atoms in total. The van der Waals surface area contributed by atoms with Crippen LogP contribution < -0.4 is 108 Å². The molecule has 0 amide bonds. The molecule has 6 aromatic carbocycles. The van der Waals surface area contributed by atoms with Crippen LogP contribution in [0, 0.1) is 11.6 Å². The molecular weight excluding hydrogens is 1050 g/mol. The Balaban J connectivity index is 0.000000318. The molecule has 55 heavy (non-hydrogen) atoms. The Morgan fingerprint density at radius 3 is 1.35 bits per heavy atom. The molecule has 2 heterocycles. The minimum atomic E-state index is -0.806. The van der Waals surface area contributed by atoms with E-state index in [0.29, 0.717) is 8.95 Å². The number of hydrogen-bond donors (Lipinski definition) is 2. The average Bonchev–Trinajstić information content (AvgIpc) is 3.66. The third-order valence-electron chi connectivity index (χ3n) is 7.58. The fourth-order valence-electron chi connectivity index (χ4n) is 5.40. The number of nitrogens with zero attached hydrogens (tertiary/aromatic N) is 1. The summed E-state index contributed by atoms with van der Waals surface area (Å²) < 4.78 is 47.1. The molecule has 0 aliphatic heterocycles. The number of fused-ring (bicyclic) bond motifs is 6. The largest absolute Gasteiger partial charge is 1.00 e. The van der Waals surface area contributed by atoms with Crippen molar-refractivity contribution < 1.29 is 147 Å². The predicted molar refractivity (Wildman–Crippen MR) is 217 cm³/mol. The maximum absolute atomic E-state index is 14.3. The van der Waals surface area contributed by atoms with Gasteiger partial charge in [0.05, 0.1) is 0 Å². The first kappa shape index (κ1) is 48.5. The molecule has 0 aliphatic rings. The molecule has 17 heteroatoms. The fourth-order valence-corrected chi connectivity index (χ4v) is 6.85. The van der Waals surface area contributed by atoms with Crippen molar-refractivity contribution in [3.05, 3.63) is 127 Å². The van der Waals surface area contributed by atoms with Crippen LogP contribution in [-0.4, -0.2) is 23.7 Å². The molecule has 0 saturated carbocycles. The van der Waals surface area contributed by atoms with Crippen molar-refractivity contribution in [3.63, 3.8) is 0 Å². The molecule has 0 spiro atoms.